The van der Waals surface area contributed by atoms with E-state index in [1.54, 1.807) is 7.05 Å². The Bertz CT molecular complexity index is 441. The van der Waals surface area contributed by atoms with Crippen molar-refractivity contribution < 1.29 is 13.5 Å². The van der Waals surface area contributed by atoms with Gasteiger partial charge in [0.25, 0.3) is 0 Å². The van der Waals surface area contributed by atoms with Gasteiger partial charge in [0.05, 0.1) is 12.1 Å². The smallest absolute Gasteiger partial charge is 0.160 e. The SMILES string of the molecule is CNC(c1cc(F)c(F)cc1Cl)C1OCCC1C. The molecular formula is C13H16ClF2NO. The van der Waals surface area contributed by atoms with Gasteiger partial charge in [0.15, 0.2) is 11.6 Å². The zero-order valence-corrected chi connectivity index (χ0v) is 11.1. The highest BCUT2D eigenvalue weighted by atomic mass is 35.5. The Balaban J connectivity index is 2.35. The lowest BCUT2D eigenvalue weighted by molar-refractivity contribution is 0.0630. The van der Waals surface area contributed by atoms with Crippen molar-refractivity contribution in [3.63, 3.8) is 0 Å². The molecule has 5 heteroatoms. The van der Waals surface area contributed by atoms with E-state index in [1.165, 1.54) is 0 Å². The lowest BCUT2D eigenvalue weighted by Crippen LogP contribution is -2.33. The third-order valence-electron chi connectivity index (χ3n) is 3.46. The molecule has 1 heterocycles. The molecule has 1 N–H and O–H groups in total. The second kappa shape index (κ2) is 5.51. The van der Waals surface area contributed by atoms with Crippen molar-refractivity contribution in [1.29, 1.82) is 0 Å². The summed E-state index contributed by atoms with van der Waals surface area (Å²) in [6.45, 7) is 2.76. The Morgan fingerprint density at radius 3 is 2.61 bits per heavy atom. The lowest BCUT2D eigenvalue weighted by atomic mass is 9.92. The summed E-state index contributed by atoms with van der Waals surface area (Å²) >= 11 is 6.00. The number of nitrogens with one attached hydrogen (secondary N) is 1. The maximum Gasteiger partial charge on any atom is 0.160 e. The minimum atomic E-state index is -0.931. The molecule has 1 saturated heterocycles. The van der Waals surface area contributed by atoms with E-state index in [2.05, 4.69) is 12.2 Å². The Hall–Kier alpha value is -0.710. The summed E-state index contributed by atoms with van der Waals surface area (Å²) < 4.78 is 32.1. The molecule has 0 aliphatic carbocycles. The van der Waals surface area contributed by atoms with E-state index in [0.717, 1.165) is 18.6 Å². The molecule has 1 fully saturated rings. The van der Waals surface area contributed by atoms with Crippen LogP contribution >= 0.6 is 11.6 Å². The van der Waals surface area contributed by atoms with Crippen LogP contribution in [0.1, 0.15) is 24.9 Å². The van der Waals surface area contributed by atoms with Crippen LogP contribution in [0.4, 0.5) is 8.78 Å². The molecule has 1 aromatic rings. The average molecular weight is 276 g/mol. The van der Waals surface area contributed by atoms with Gasteiger partial charge < -0.3 is 10.1 Å². The molecule has 3 atom stereocenters. The predicted octanol–water partition coefficient (Wildman–Crippen LogP) is 3.30. The first-order valence-electron chi connectivity index (χ1n) is 5.98. The van der Waals surface area contributed by atoms with Crippen LogP contribution < -0.4 is 5.32 Å². The summed E-state index contributed by atoms with van der Waals surface area (Å²) in [5.41, 5.74) is 0.539. The third-order valence-corrected chi connectivity index (χ3v) is 3.79. The van der Waals surface area contributed by atoms with Crippen molar-refractivity contribution in [2.45, 2.75) is 25.5 Å². The van der Waals surface area contributed by atoms with Gasteiger partial charge in [-0.15, -0.1) is 0 Å². The van der Waals surface area contributed by atoms with Crippen LogP contribution in [0, 0.1) is 17.6 Å². The lowest BCUT2D eigenvalue weighted by Gasteiger charge is -2.27. The van der Waals surface area contributed by atoms with Crippen molar-refractivity contribution in [3.8, 4) is 0 Å². The molecule has 1 aliphatic rings. The Kier molecular flexibility index (Phi) is 4.20. The van der Waals surface area contributed by atoms with Gasteiger partial charge in [0.2, 0.25) is 0 Å². The first-order valence-corrected chi connectivity index (χ1v) is 6.35. The number of halogens is 3. The minimum Gasteiger partial charge on any atom is -0.376 e. The number of hydrogen-bond donors (Lipinski definition) is 1. The third kappa shape index (κ3) is 2.51. The van der Waals surface area contributed by atoms with Gasteiger partial charge in [-0.1, -0.05) is 18.5 Å². The fraction of sp³-hybridized carbons (Fsp3) is 0.538. The second-order valence-electron chi connectivity index (χ2n) is 4.66. The molecule has 100 valence electrons. The summed E-state index contributed by atoms with van der Waals surface area (Å²) in [5, 5.41) is 3.30. The zero-order valence-electron chi connectivity index (χ0n) is 10.3. The molecule has 18 heavy (non-hydrogen) atoms. The summed E-state index contributed by atoms with van der Waals surface area (Å²) in [7, 11) is 1.76. The number of rotatable bonds is 3. The molecule has 2 nitrogen and oxygen atoms in total. The molecule has 0 radical (unpaired) electrons. The molecule has 1 aromatic carbocycles. The summed E-state index contributed by atoms with van der Waals surface area (Å²) in [4.78, 5) is 0. The van der Waals surface area contributed by atoms with Crippen molar-refractivity contribution in [2.75, 3.05) is 13.7 Å². The van der Waals surface area contributed by atoms with Crippen LogP contribution in [-0.2, 0) is 4.74 Å². The minimum absolute atomic E-state index is 0.0719. The fourth-order valence-corrected chi connectivity index (χ4v) is 2.68. The Labute approximate surface area is 110 Å². The number of hydrogen-bond acceptors (Lipinski definition) is 2. The van der Waals surface area contributed by atoms with Gasteiger partial charge in [-0.2, -0.15) is 0 Å². The van der Waals surface area contributed by atoms with E-state index >= 15 is 0 Å². The average Bonchev–Trinajstić information content (AvgIpc) is 2.73. The molecule has 0 saturated carbocycles. The van der Waals surface area contributed by atoms with Gasteiger partial charge in [0.1, 0.15) is 0 Å². The first kappa shape index (κ1) is 13.7. The predicted molar refractivity (Wildman–Crippen MR) is 66.7 cm³/mol. The van der Waals surface area contributed by atoms with Gasteiger partial charge in [0, 0.05) is 11.6 Å². The van der Waals surface area contributed by atoms with Crippen molar-refractivity contribution in [3.05, 3.63) is 34.4 Å². The summed E-state index contributed by atoms with van der Waals surface area (Å²) in [6, 6.07) is 1.92. The van der Waals surface area contributed by atoms with E-state index in [4.69, 9.17) is 16.3 Å². The highest BCUT2D eigenvalue weighted by molar-refractivity contribution is 6.31. The maximum atomic E-state index is 13.3. The van der Waals surface area contributed by atoms with E-state index in [0.29, 0.717) is 18.1 Å². The van der Waals surface area contributed by atoms with Gasteiger partial charge >= 0.3 is 0 Å². The topological polar surface area (TPSA) is 21.3 Å². The normalized spacial score (nSPS) is 25.4. The number of ether oxygens (including phenoxy) is 1. The highest BCUT2D eigenvalue weighted by Gasteiger charge is 2.33. The number of likely N-dealkylation sites (N-methyl/N-ethyl adjacent to an activating group) is 1. The molecule has 0 amide bonds. The number of benzene rings is 1. The maximum absolute atomic E-state index is 13.3. The molecule has 0 spiro atoms. The van der Waals surface area contributed by atoms with E-state index < -0.39 is 11.6 Å². The van der Waals surface area contributed by atoms with Crippen LogP contribution in [0.5, 0.6) is 0 Å². The van der Waals surface area contributed by atoms with Gasteiger partial charge in [-0.05, 0) is 37.1 Å². The quantitative estimate of drug-likeness (QED) is 0.855. The second-order valence-corrected chi connectivity index (χ2v) is 5.06. The first-order chi connectivity index (χ1) is 8.54. The van der Waals surface area contributed by atoms with Crippen LogP contribution in [0.25, 0.3) is 0 Å². The fourth-order valence-electron chi connectivity index (χ4n) is 2.42. The van der Waals surface area contributed by atoms with Gasteiger partial charge in [-0.3, -0.25) is 0 Å². The molecular weight excluding hydrogens is 260 g/mol. The zero-order chi connectivity index (χ0) is 13.3. The summed E-state index contributed by atoms with van der Waals surface area (Å²) in [5.74, 6) is -1.47. The highest BCUT2D eigenvalue weighted by Crippen LogP contribution is 2.35. The van der Waals surface area contributed by atoms with Gasteiger partial charge in [-0.25, -0.2) is 8.78 Å². The van der Waals surface area contributed by atoms with Crippen LogP contribution in [0.2, 0.25) is 5.02 Å². The molecule has 0 bridgehead atoms. The van der Waals surface area contributed by atoms with Crippen molar-refractivity contribution in [2.24, 2.45) is 5.92 Å². The van der Waals surface area contributed by atoms with Crippen LogP contribution in [-0.4, -0.2) is 19.8 Å². The largest absolute Gasteiger partial charge is 0.376 e. The van der Waals surface area contributed by atoms with E-state index in [9.17, 15) is 8.78 Å². The summed E-state index contributed by atoms with van der Waals surface area (Å²) in [6.07, 6.45) is 0.891. The Morgan fingerprint density at radius 1 is 1.39 bits per heavy atom. The molecule has 1 aliphatic heterocycles. The standard InChI is InChI=1S/C13H16ClF2NO/c1-7-3-4-18-13(7)12(17-2)8-5-10(15)11(16)6-9(8)14/h5-7,12-13,17H,3-4H2,1-2H3. The van der Waals surface area contributed by atoms with Crippen molar-refractivity contribution in [1.82, 2.24) is 5.32 Å². The molecule has 2 rings (SSSR count). The van der Waals surface area contributed by atoms with Crippen LogP contribution in [0.15, 0.2) is 12.1 Å². The van der Waals surface area contributed by atoms with E-state index in [1.807, 2.05) is 0 Å². The monoisotopic (exact) mass is 275 g/mol. The molecule has 3 unspecified atom stereocenters. The molecule has 0 aromatic heterocycles. The Morgan fingerprint density at radius 2 is 2.06 bits per heavy atom. The van der Waals surface area contributed by atoms with Crippen molar-refractivity contribution >= 4 is 11.6 Å². The van der Waals surface area contributed by atoms with E-state index in [-0.39, 0.29) is 17.2 Å². The van der Waals surface area contributed by atoms with Crippen LogP contribution in [0.3, 0.4) is 0 Å².